The largest absolute Gasteiger partial charge is 0.496 e. The molecule has 0 saturated carbocycles. The minimum absolute atomic E-state index is 0.138. The molecule has 26 heavy (non-hydrogen) atoms. The van der Waals surface area contributed by atoms with Gasteiger partial charge in [-0.05, 0) is 62.7 Å². The van der Waals surface area contributed by atoms with Gasteiger partial charge in [0.05, 0.1) is 7.11 Å². The summed E-state index contributed by atoms with van der Waals surface area (Å²) >= 11 is 0. The fourth-order valence-corrected chi connectivity index (χ4v) is 3.72. The van der Waals surface area contributed by atoms with Crippen LogP contribution >= 0.6 is 0 Å². The fourth-order valence-electron chi connectivity index (χ4n) is 3.72. The maximum atomic E-state index is 13.0. The smallest absolute Gasteiger partial charge is 0.254 e. The van der Waals surface area contributed by atoms with Crippen molar-refractivity contribution in [2.45, 2.75) is 31.8 Å². The van der Waals surface area contributed by atoms with Crippen LogP contribution in [0.5, 0.6) is 5.75 Å². The van der Waals surface area contributed by atoms with E-state index in [9.17, 15) is 4.79 Å². The highest BCUT2D eigenvalue weighted by atomic mass is 16.5. The summed E-state index contributed by atoms with van der Waals surface area (Å²) < 4.78 is 5.47. The highest BCUT2D eigenvalue weighted by Gasteiger charge is 2.30. The molecule has 138 valence electrons. The second kappa shape index (κ2) is 8.37. The number of carbonyl (C=O) groups excluding carboxylic acids is 1. The van der Waals surface area contributed by atoms with Crippen molar-refractivity contribution in [1.29, 1.82) is 0 Å². The third kappa shape index (κ3) is 4.25. The lowest BCUT2D eigenvalue weighted by Crippen LogP contribution is -2.36. The molecule has 2 aromatic rings. The van der Waals surface area contributed by atoms with E-state index in [-0.39, 0.29) is 11.9 Å². The first-order valence-electron chi connectivity index (χ1n) is 9.25. The van der Waals surface area contributed by atoms with Crippen LogP contribution < -0.4 is 4.74 Å². The van der Waals surface area contributed by atoms with Crippen LogP contribution in [0.4, 0.5) is 0 Å². The standard InChI is InChI=1S/C22H28N2O2/c1-23(2)16-17-10-12-18(13-11-17)22(25)24-14-6-8-20(24)15-19-7-4-5-9-21(19)26-3/h4-5,7,9-13,20H,6,8,14-16H2,1-3H3/t20-/m0/s1. The third-order valence-corrected chi connectivity index (χ3v) is 4.99. The molecule has 0 bridgehead atoms. The number of ether oxygens (including phenoxy) is 1. The Morgan fingerprint density at radius 2 is 1.88 bits per heavy atom. The molecule has 0 unspecified atom stereocenters. The van der Waals surface area contributed by atoms with E-state index in [4.69, 9.17) is 4.74 Å². The molecular weight excluding hydrogens is 324 g/mol. The van der Waals surface area contributed by atoms with E-state index in [0.717, 1.165) is 43.7 Å². The molecule has 0 aliphatic carbocycles. The number of benzene rings is 2. The SMILES string of the molecule is COc1ccccc1C[C@@H]1CCCN1C(=O)c1ccc(CN(C)C)cc1. The van der Waals surface area contributed by atoms with Crippen LogP contribution in [-0.4, -0.2) is 49.5 Å². The Morgan fingerprint density at radius 3 is 2.58 bits per heavy atom. The van der Waals surface area contributed by atoms with E-state index in [2.05, 4.69) is 23.1 Å². The van der Waals surface area contributed by atoms with Gasteiger partial charge in [0.15, 0.2) is 0 Å². The lowest BCUT2D eigenvalue weighted by atomic mass is 10.0. The van der Waals surface area contributed by atoms with E-state index in [1.54, 1.807) is 7.11 Å². The summed E-state index contributed by atoms with van der Waals surface area (Å²) in [7, 11) is 5.79. The van der Waals surface area contributed by atoms with Crippen LogP contribution in [0.15, 0.2) is 48.5 Å². The van der Waals surface area contributed by atoms with Crippen molar-refractivity contribution in [3.8, 4) is 5.75 Å². The van der Waals surface area contributed by atoms with Crippen LogP contribution in [-0.2, 0) is 13.0 Å². The molecule has 4 heteroatoms. The molecule has 2 aromatic carbocycles. The van der Waals surface area contributed by atoms with Crippen molar-refractivity contribution in [1.82, 2.24) is 9.80 Å². The predicted octanol–water partition coefficient (Wildman–Crippen LogP) is 3.60. The minimum Gasteiger partial charge on any atom is -0.496 e. The summed E-state index contributed by atoms with van der Waals surface area (Å²) in [5.74, 6) is 1.04. The fraction of sp³-hybridized carbons (Fsp3) is 0.409. The Bertz CT molecular complexity index is 740. The molecule has 1 amide bonds. The summed E-state index contributed by atoms with van der Waals surface area (Å²) in [5, 5.41) is 0. The van der Waals surface area contributed by atoms with Gasteiger partial charge in [-0.15, -0.1) is 0 Å². The molecule has 1 aliphatic rings. The van der Waals surface area contributed by atoms with Gasteiger partial charge in [-0.25, -0.2) is 0 Å². The Balaban J connectivity index is 1.72. The molecule has 1 atom stereocenters. The van der Waals surface area contributed by atoms with Crippen molar-refractivity contribution in [2.75, 3.05) is 27.7 Å². The van der Waals surface area contributed by atoms with Crippen molar-refractivity contribution in [3.05, 3.63) is 65.2 Å². The van der Waals surface area contributed by atoms with Gasteiger partial charge in [-0.3, -0.25) is 4.79 Å². The quantitative estimate of drug-likeness (QED) is 0.796. The molecule has 1 fully saturated rings. The van der Waals surface area contributed by atoms with Gasteiger partial charge in [-0.2, -0.15) is 0 Å². The van der Waals surface area contributed by atoms with E-state index in [1.807, 2.05) is 49.3 Å². The molecule has 0 N–H and O–H groups in total. The second-order valence-corrected chi connectivity index (χ2v) is 7.25. The molecule has 1 heterocycles. The zero-order chi connectivity index (χ0) is 18.5. The molecule has 4 nitrogen and oxygen atoms in total. The number of carbonyl (C=O) groups is 1. The first-order valence-corrected chi connectivity index (χ1v) is 9.25. The first kappa shape index (κ1) is 18.5. The number of amides is 1. The van der Waals surface area contributed by atoms with Gasteiger partial charge in [0.25, 0.3) is 5.91 Å². The summed E-state index contributed by atoms with van der Waals surface area (Å²) in [4.78, 5) is 17.2. The van der Waals surface area contributed by atoms with Crippen LogP contribution in [0.2, 0.25) is 0 Å². The van der Waals surface area contributed by atoms with E-state index in [1.165, 1.54) is 11.1 Å². The third-order valence-electron chi connectivity index (χ3n) is 4.99. The minimum atomic E-state index is 0.138. The van der Waals surface area contributed by atoms with E-state index >= 15 is 0 Å². The monoisotopic (exact) mass is 352 g/mol. The van der Waals surface area contributed by atoms with Crippen molar-refractivity contribution >= 4 is 5.91 Å². The van der Waals surface area contributed by atoms with Crippen LogP contribution in [0, 0.1) is 0 Å². The molecule has 0 spiro atoms. The number of rotatable bonds is 6. The van der Waals surface area contributed by atoms with Gasteiger partial charge in [0, 0.05) is 24.7 Å². The van der Waals surface area contributed by atoms with E-state index < -0.39 is 0 Å². The lowest BCUT2D eigenvalue weighted by molar-refractivity contribution is 0.0736. The molecule has 0 aromatic heterocycles. The molecule has 0 radical (unpaired) electrons. The summed E-state index contributed by atoms with van der Waals surface area (Å²) in [6.45, 7) is 1.71. The van der Waals surface area contributed by atoms with Crippen LogP contribution in [0.25, 0.3) is 0 Å². The number of hydrogen-bond acceptors (Lipinski definition) is 3. The Hall–Kier alpha value is -2.33. The van der Waals surface area contributed by atoms with E-state index in [0.29, 0.717) is 0 Å². The molecular formula is C22H28N2O2. The average molecular weight is 352 g/mol. The molecule has 3 rings (SSSR count). The Kier molecular flexibility index (Phi) is 5.94. The van der Waals surface area contributed by atoms with Gasteiger partial charge in [0.2, 0.25) is 0 Å². The Morgan fingerprint density at radius 1 is 1.15 bits per heavy atom. The van der Waals surface area contributed by atoms with Gasteiger partial charge >= 0.3 is 0 Å². The maximum Gasteiger partial charge on any atom is 0.254 e. The highest BCUT2D eigenvalue weighted by Crippen LogP contribution is 2.27. The normalized spacial score (nSPS) is 16.9. The number of methoxy groups -OCH3 is 1. The molecule has 1 aliphatic heterocycles. The maximum absolute atomic E-state index is 13.0. The summed E-state index contributed by atoms with van der Waals surface area (Å²) in [6.07, 6.45) is 2.95. The zero-order valence-corrected chi connectivity index (χ0v) is 15.9. The number of likely N-dealkylation sites (tertiary alicyclic amines) is 1. The highest BCUT2D eigenvalue weighted by molar-refractivity contribution is 5.94. The first-order chi connectivity index (χ1) is 12.6. The molecule has 1 saturated heterocycles. The number of hydrogen-bond donors (Lipinski definition) is 0. The Labute approximate surface area is 156 Å². The summed E-state index contributed by atoms with van der Waals surface area (Å²) in [5.41, 5.74) is 3.17. The number of para-hydroxylation sites is 1. The summed E-state index contributed by atoms with van der Waals surface area (Å²) in [6, 6.07) is 16.4. The topological polar surface area (TPSA) is 32.8 Å². The van der Waals surface area contributed by atoms with Crippen molar-refractivity contribution in [2.24, 2.45) is 0 Å². The van der Waals surface area contributed by atoms with Crippen LogP contribution in [0.3, 0.4) is 0 Å². The van der Waals surface area contributed by atoms with Crippen molar-refractivity contribution in [3.63, 3.8) is 0 Å². The average Bonchev–Trinajstić information content (AvgIpc) is 3.10. The predicted molar refractivity (Wildman–Crippen MR) is 105 cm³/mol. The zero-order valence-electron chi connectivity index (χ0n) is 15.9. The van der Waals surface area contributed by atoms with Gasteiger partial charge < -0.3 is 14.5 Å². The van der Waals surface area contributed by atoms with Crippen LogP contribution in [0.1, 0.15) is 34.3 Å². The second-order valence-electron chi connectivity index (χ2n) is 7.25. The van der Waals surface area contributed by atoms with Crippen molar-refractivity contribution < 1.29 is 9.53 Å². The van der Waals surface area contributed by atoms with Gasteiger partial charge in [0.1, 0.15) is 5.75 Å². The number of nitrogens with zero attached hydrogens (tertiary/aromatic N) is 2. The lowest BCUT2D eigenvalue weighted by Gasteiger charge is -2.25. The van der Waals surface area contributed by atoms with Gasteiger partial charge in [-0.1, -0.05) is 30.3 Å².